The second-order valence-electron chi connectivity index (χ2n) is 18.2. The summed E-state index contributed by atoms with van der Waals surface area (Å²) < 4.78 is 66.9. The van der Waals surface area contributed by atoms with Crippen LogP contribution in [0.25, 0.3) is 0 Å². The molecule has 0 aliphatic rings. The van der Waals surface area contributed by atoms with Crippen molar-refractivity contribution in [2.75, 3.05) is 33.4 Å². The number of ether oxygens (including phenoxy) is 4. The largest absolute Gasteiger partial charge is 0.490 e. The Morgan fingerprint density at radius 2 is 1.48 bits per heavy atom. The fraction of sp³-hybridized carbons (Fsp3) is 0.822. The Morgan fingerprint density at radius 3 is 1.94 bits per heavy atom. The Bertz CT molecular complexity index is 1530. The van der Waals surface area contributed by atoms with Crippen molar-refractivity contribution in [3.05, 3.63) is 23.8 Å². The maximum atomic E-state index is 14.5. The number of benzene rings is 1. The lowest BCUT2D eigenvalue weighted by atomic mass is 9.61. The first-order chi connectivity index (χ1) is 26.6. The highest BCUT2D eigenvalue weighted by Crippen LogP contribution is 2.47. The van der Waals surface area contributed by atoms with Crippen LogP contribution in [0.1, 0.15) is 149 Å². The van der Waals surface area contributed by atoms with Crippen LogP contribution in [0.4, 0.5) is 0 Å². The van der Waals surface area contributed by atoms with E-state index in [4.69, 9.17) is 37.3 Å². The molecule has 0 saturated heterocycles. The van der Waals surface area contributed by atoms with Crippen molar-refractivity contribution in [3.63, 3.8) is 0 Å². The molecule has 0 aliphatic heterocycles. The number of nitrogens with two attached hydrogens (primary N) is 2. The fourth-order valence-corrected chi connectivity index (χ4v) is 7.49. The van der Waals surface area contributed by atoms with Crippen LogP contribution in [0, 0.1) is 51.7 Å². The molecule has 0 heterocycles. The fourth-order valence-electron chi connectivity index (χ4n) is 7.49. The highest BCUT2D eigenvalue weighted by molar-refractivity contribution is 5.85. The van der Waals surface area contributed by atoms with Gasteiger partial charge < -0.3 is 35.7 Å². The van der Waals surface area contributed by atoms with E-state index < -0.39 is 58.9 Å². The lowest BCUT2D eigenvalue weighted by Gasteiger charge is -2.49. The summed E-state index contributed by atoms with van der Waals surface area (Å²) in [7, 11) is 1.63. The van der Waals surface area contributed by atoms with Gasteiger partial charge in [-0.15, -0.1) is 0 Å². The Kier molecular flexibility index (Phi) is 15.8. The average molecular weight is 767 g/mol. The summed E-state index contributed by atoms with van der Waals surface area (Å²) in [6.07, 6.45) is -0.00846. The molecule has 6 unspecified atom stereocenters. The number of amides is 2. The van der Waals surface area contributed by atoms with E-state index in [1.165, 1.54) is 0 Å². The van der Waals surface area contributed by atoms with Gasteiger partial charge in [-0.2, -0.15) is 0 Å². The van der Waals surface area contributed by atoms with Gasteiger partial charge in [0, 0.05) is 26.5 Å². The molecule has 0 bridgehead atoms. The molecule has 1 aromatic rings. The van der Waals surface area contributed by atoms with E-state index >= 15 is 0 Å². The molecule has 5 N–H and O–H groups in total. The van der Waals surface area contributed by atoms with Crippen LogP contribution in [-0.2, 0) is 19.1 Å². The lowest BCUT2D eigenvalue weighted by molar-refractivity contribution is -0.141. The molecule has 0 aliphatic carbocycles. The summed E-state index contributed by atoms with van der Waals surface area (Å²) in [5, 5.41) is 3.12. The van der Waals surface area contributed by atoms with Gasteiger partial charge in [0.2, 0.25) is 11.8 Å². The van der Waals surface area contributed by atoms with Crippen molar-refractivity contribution in [2.24, 2.45) is 63.2 Å². The van der Waals surface area contributed by atoms with E-state index in [1.54, 1.807) is 46.9 Å². The van der Waals surface area contributed by atoms with Crippen LogP contribution >= 0.6 is 0 Å². The number of primary amides is 1. The van der Waals surface area contributed by atoms with E-state index in [-0.39, 0.29) is 66.1 Å². The van der Waals surface area contributed by atoms with Gasteiger partial charge in [-0.1, -0.05) is 95.6 Å². The first-order valence-corrected chi connectivity index (χ1v) is 20.1. The zero-order chi connectivity index (χ0) is 46.5. The van der Waals surface area contributed by atoms with Gasteiger partial charge in [-0.3, -0.25) is 9.59 Å². The SMILES string of the molecule is [2H]C([2H])(Oc1cc(C(C)[C@H](C(C)CC)C(C)[C@](C)(N)[C@@H](C[C@](C)(C(=O)NCC(C)(C(N)=O)C(C)(C)C)C(C)C(C)C)OC)ccc1OCC)C([2H])(C)C([2H])([2H])OC(C)C. The molecule has 0 aromatic heterocycles. The number of nitrogens with one attached hydrogen (secondary N) is 1. The molecular formula is C45H83N3O6. The molecule has 54 heavy (non-hydrogen) atoms. The molecule has 314 valence electrons. The van der Waals surface area contributed by atoms with Gasteiger partial charge in [0.25, 0.3) is 0 Å². The van der Waals surface area contributed by atoms with Crippen LogP contribution in [0.3, 0.4) is 0 Å². The Labute approximate surface area is 338 Å². The Hall–Kier alpha value is -2.36. The molecule has 0 saturated carbocycles. The molecule has 1 rings (SSSR count). The smallest absolute Gasteiger partial charge is 0.226 e. The maximum absolute atomic E-state index is 14.5. The lowest BCUT2D eigenvalue weighted by Crippen LogP contribution is -2.60. The standard InChI is InChI=1S/C45H83N3O6/c1-19-31(8)39(32(9)35-21-22-36(52-20-2)37(23-35)54-26-30(7)25-53-29(5)6)34(11)45(17,47)38(51-18)24-43(15,33(10)28(3)4)41(50)48-27-44(16,40(46)49)42(12,13)14/h21-23,28-34,38-39H,19-20,24-27,47H2,1-18H3,(H2,46,49)(H,48,50)/t30?,31?,32?,33?,34?,38-,39+,43+,44?,45+/m1/s1/i25D2,26D2,30D. The zero-order valence-corrected chi connectivity index (χ0v) is 37.3. The van der Waals surface area contributed by atoms with Gasteiger partial charge in [0.05, 0.1) is 48.2 Å². The first kappa shape index (κ1) is 41.3. The van der Waals surface area contributed by atoms with E-state index in [1.807, 2.05) is 40.7 Å². The van der Waals surface area contributed by atoms with Gasteiger partial charge >= 0.3 is 0 Å². The van der Waals surface area contributed by atoms with Gasteiger partial charge in [-0.05, 0) is 99.7 Å². The minimum absolute atomic E-state index is 0.0455. The second-order valence-corrected chi connectivity index (χ2v) is 18.2. The normalized spacial score (nSPS) is 22.2. The third-order valence-corrected chi connectivity index (χ3v) is 12.9. The molecule has 1 aromatic carbocycles. The summed E-state index contributed by atoms with van der Waals surface area (Å²) in [4.78, 5) is 27.2. The molecule has 2 amide bonds. The predicted molar refractivity (Wildman–Crippen MR) is 224 cm³/mol. The van der Waals surface area contributed by atoms with E-state index in [2.05, 4.69) is 53.8 Å². The van der Waals surface area contributed by atoms with Gasteiger partial charge in [0.15, 0.2) is 11.5 Å². The highest BCUT2D eigenvalue weighted by atomic mass is 16.5. The first-order valence-electron chi connectivity index (χ1n) is 22.6. The number of hydrogen-bond acceptors (Lipinski definition) is 7. The number of carbonyl (C=O) groups excluding carboxylic acids is 2. The van der Waals surface area contributed by atoms with Crippen molar-refractivity contribution in [1.82, 2.24) is 5.32 Å². The molecule has 9 heteroatoms. The average Bonchev–Trinajstić information content (AvgIpc) is 3.11. The quantitative estimate of drug-likeness (QED) is 0.0956. The Morgan fingerprint density at radius 1 is 0.889 bits per heavy atom. The van der Waals surface area contributed by atoms with E-state index in [9.17, 15) is 9.59 Å². The van der Waals surface area contributed by atoms with Gasteiger partial charge in [-0.25, -0.2) is 0 Å². The van der Waals surface area contributed by atoms with Crippen LogP contribution in [-0.4, -0.2) is 62.9 Å². The number of carbonyl (C=O) groups is 2. The Balaban J connectivity index is 3.78. The van der Waals surface area contributed by atoms with Crippen LogP contribution < -0.4 is 26.3 Å². The number of hydrogen-bond donors (Lipinski definition) is 3. The molecule has 10 atom stereocenters. The number of methoxy groups -OCH3 is 1. The monoisotopic (exact) mass is 767 g/mol. The summed E-state index contributed by atoms with van der Waals surface area (Å²) in [6, 6.07) is 5.36. The third-order valence-electron chi connectivity index (χ3n) is 12.9. The van der Waals surface area contributed by atoms with Crippen molar-refractivity contribution in [3.8, 4) is 11.5 Å². The summed E-state index contributed by atoms with van der Waals surface area (Å²) in [5.74, 6) is -3.02. The van der Waals surface area contributed by atoms with Crippen LogP contribution in [0.5, 0.6) is 11.5 Å². The van der Waals surface area contributed by atoms with Crippen molar-refractivity contribution in [2.45, 2.75) is 154 Å². The minimum Gasteiger partial charge on any atom is -0.490 e. The minimum atomic E-state index is -2.85. The molecule has 0 fully saturated rings. The van der Waals surface area contributed by atoms with Crippen LogP contribution in [0.2, 0.25) is 0 Å². The summed E-state index contributed by atoms with van der Waals surface area (Å²) in [5.41, 5.74) is 10.8. The molecule has 0 radical (unpaired) electrons. The van der Waals surface area contributed by atoms with Gasteiger partial charge in [0.1, 0.15) is 0 Å². The highest BCUT2D eigenvalue weighted by Gasteiger charge is 2.50. The summed E-state index contributed by atoms with van der Waals surface area (Å²) in [6.45, 7) is 27.3. The van der Waals surface area contributed by atoms with E-state index in [0.717, 1.165) is 18.9 Å². The van der Waals surface area contributed by atoms with Crippen molar-refractivity contribution in [1.29, 1.82) is 0 Å². The van der Waals surface area contributed by atoms with E-state index in [0.29, 0.717) is 6.42 Å². The molecule has 0 spiro atoms. The zero-order valence-electron chi connectivity index (χ0n) is 42.3. The maximum Gasteiger partial charge on any atom is 0.226 e. The number of rotatable bonds is 24. The second kappa shape index (κ2) is 20.7. The topological polar surface area (TPSA) is 135 Å². The summed E-state index contributed by atoms with van der Waals surface area (Å²) >= 11 is 0. The molecular weight excluding hydrogens is 679 g/mol. The third kappa shape index (κ3) is 12.3. The van der Waals surface area contributed by atoms with Crippen molar-refractivity contribution >= 4 is 11.8 Å². The molecule has 9 nitrogen and oxygen atoms in total. The van der Waals surface area contributed by atoms with Crippen LogP contribution in [0.15, 0.2) is 18.2 Å². The van der Waals surface area contributed by atoms with Crippen molar-refractivity contribution < 1.29 is 35.4 Å². The predicted octanol–water partition coefficient (Wildman–Crippen LogP) is 9.00.